The van der Waals surface area contributed by atoms with Gasteiger partial charge in [-0.2, -0.15) is 0 Å². The number of aromatic hydroxyl groups is 2. The number of phenolic OH excluding ortho intramolecular Hbond substituents is 2. The second-order valence-corrected chi connectivity index (χ2v) is 6.41. The van der Waals surface area contributed by atoms with Crippen LogP contribution >= 0.6 is 0 Å². The van der Waals surface area contributed by atoms with E-state index in [1.165, 1.54) is 0 Å². The molecule has 0 unspecified atom stereocenters. The highest BCUT2D eigenvalue weighted by molar-refractivity contribution is 5.68. The molecule has 2 heterocycles. The number of para-hydroxylation sites is 1. The molecule has 2 aromatic carbocycles. The average molecular weight is 348 g/mol. The normalized spacial score (nSPS) is 14.3. The van der Waals surface area contributed by atoms with Crippen LogP contribution in [0.3, 0.4) is 0 Å². The molecule has 0 spiro atoms. The van der Waals surface area contributed by atoms with Gasteiger partial charge in [0.1, 0.15) is 12.4 Å². The summed E-state index contributed by atoms with van der Waals surface area (Å²) in [5.74, 6) is 0.980. The van der Waals surface area contributed by atoms with E-state index >= 15 is 0 Å². The third kappa shape index (κ3) is 3.34. The lowest BCUT2D eigenvalue weighted by Crippen LogP contribution is -2.25. The van der Waals surface area contributed by atoms with E-state index in [1.54, 1.807) is 24.5 Å². The molecule has 3 aromatic rings. The first-order valence-electron chi connectivity index (χ1n) is 8.59. The Morgan fingerprint density at radius 2 is 1.88 bits per heavy atom. The third-order valence-electron chi connectivity index (χ3n) is 4.57. The lowest BCUT2D eigenvalue weighted by molar-refractivity contribution is 0.215. The van der Waals surface area contributed by atoms with E-state index in [0.29, 0.717) is 37.7 Å². The predicted molar refractivity (Wildman–Crippen MR) is 99.1 cm³/mol. The lowest BCUT2D eigenvalue weighted by atomic mass is 10.0. The Morgan fingerprint density at radius 3 is 2.69 bits per heavy atom. The maximum absolute atomic E-state index is 10.4. The zero-order chi connectivity index (χ0) is 17.9. The maximum atomic E-state index is 10.4. The number of hydrogen-bond donors (Lipinski definition) is 2. The summed E-state index contributed by atoms with van der Waals surface area (Å²) in [6.45, 7) is 2.45. The summed E-state index contributed by atoms with van der Waals surface area (Å²) in [5, 5.41) is 20.5. The summed E-state index contributed by atoms with van der Waals surface area (Å²) < 4.78 is 5.80. The second kappa shape index (κ2) is 7.06. The van der Waals surface area contributed by atoms with Crippen molar-refractivity contribution < 1.29 is 14.9 Å². The van der Waals surface area contributed by atoms with Gasteiger partial charge in [-0.3, -0.25) is 9.88 Å². The van der Waals surface area contributed by atoms with Crippen molar-refractivity contribution in [2.45, 2.75) is 13.1 Å². The Balaban J connectivity index is 1.65. The highest BCUT2D eigenvalue weighted by Crippen LogP contribution is 2.37. The van der Waals surface area contributed by atoms with Gasteiger partial charge in [-0.15, -0.1) is 0 Å². The molecule has 2 N–H and O–H groups in total. The molecule has 5 nitrogen and oxygen atoms in total. The number of nitrogens with zero attached hydrogens (tertiary/aromatic N) is 2. The Bertz CT molecular complexity index is 912. The molecule has 0 aliphatic carbocycles. The summed E-state index contributed by atoms with van der Waals surface area (Å²) in [4.78, 5) is 6.35. The summed E-state index contributed by atoms with van der Waals surface area (Å²) in [6, 6.07) is 14.9. The standard InChI is InChI=1S/C21H20N2O3/c24-19-6-2-1-4-16(19)13-23-8-9-26-21-18(14-23)10-17(11-20(21)25)15-5-3-7-22-12-15/h1-7,10-12,24-25H,8-9,13-14H2. The van der Waals surface area contributed by atoms with Crippen LogP contribution in [0, 0.1) is 0 Å². The first-order chi connectivity index (χ1) is 12.7. The molecule has 4 rings (SSSR count). The van der Waals surface area contributed by atoms with Crippen molar-refractivity contribution >= 4 is 0 Å². The van der Waals surface area contributed by atoms with Crippen molar-refractivity contribution in [3.05, 3.63) is 72.1 Å². The Labute approximate surface area is 152 Å². The Kier molecular flexibility index (Phi) is 4.46. The number of fused-ring (bicyclic) bond motifs is 1. The molecular formula is C21H20N2O3. The minimum Gasteiger partial charge on any atom is -0.508 e. The van der Waals surface area contributed by atoms with Crippen LogP contribution in [-0.4, -0.2) is 33.2 Å². The van der Waals surface area contributed by atoms with E-state index in [0.717, 1.165) is 22.3 Å². The van der Waals surface area contributed by atoms with Crippen LogP contribution < -0.4 is 4.74 Å². The van der Waals surface area contributed by atoms with Gasteiger partial charge in [0.05, 0.1) is 0 Å². The number of ether oxygens (including phenoxy) is 1. The number of hydrogen-bond acceptors (Lipinski definition) is 5. The third-order valence-corrected chi connectivity index (χ3v) is 4.57. The fourth-order valence-electron chi connectivity index (χ4n) is 3.27. The fourth-order valence-corrected chi connectivity index (χ4v) is 3.27. The van der Waals surface area contributed by atoms with E-state index in [9.17, 15) is 10.2 Å². The molecular weight excluding hydrogens is 328 g/mol. The van der Waals surface area contributed by atoms with Crippen molar-refractivity contribution in [1.82, 2.24) is 9.88 Å². The minimum atomic E-state index is 0.144. The molecule has 5 heteroatoms. The van der Waals surface area contributed by atoms with Gasteiger partial charge in [0, 0.05) is 48.7 Å². The molecule has 26 heavy (non-hydrogen) atoms. The number of aromatic nitrogens is 1. The monoisotopic (exact) mass is 348 g/mol. The van der Waals surface area contributed by atoms with E-state index in [-0.39, 0.29) is 5.75 Å². The predicted octanol–water partition coefficient (Wildman–Crippen LogP) is 3.55. The molecule has 0 saturated heterocycles. The van der Waals surface area contributed by atoms with Gasteiger partial charge in [-0.1, -0.05) is 24.3 Å². The van der Waals surface area contributed by atoms with Crippen LogP contribution in [0.25, 0.3) is 11.1 Å². The molecule has 0 atom stereocenters. The average Bonchev–Trinajstić information content (AvgIpc) is 2.86. The highest BCUT2D eigenvalue weighted by atomic mass is 16.5. The Hall–Kier alpha value is -3.05. The van der Waals surface area contributed by atoms with Crippen LogP contribution in [0.2, 0.25) is 0 Å². The molecule has 0 bridgehead atoms. The summed E-state index contributed by atoms with van der Waals surface area (Å²) >= 11 is 0. The van der Waals surface area contributed by atoms with Gasteiger partial charge >= 0.3 is 0 Å². The SMILES string of the molecule is Oc1ccccc1CN1CCOc2c(O)cc(-c3cccnc3)cc2C1. The molecule has 0 saturated carbocycles. The van der Waals surface area contributed by atoms with E-state index in [2.05, 4.69) is 9.88 Å². The maximum Gasteiger partial charge on any atom is 0.165 e. The van der Waals surface area contributed by atoms with Gasteiger partial charge in [-0.05, 0) is 29.8 Å². The van der Waals surface area contributed by atoms with Crippen LogP contribution in [0.1, 0.15) is 11.1 Å². The summed E-state index contributed by atoms with van der Waals surface area (Å²) in [7, 11) is 0. The van der Waals surface area contributed by atoms with E-state index in [1.807, 2.05) is 36.4 Å². The zero-order valence-electron chi connectivity index (χ0n) is 14.3. The molecule has 132 valence electrons. The van der Waals surface area contributed by atoms with Gasteiger partial charge in [0.25, 0.3) is 0 Å². The van der Waals surface area contributed by atoms with Crippen LogP contribution in [0.5, 0.6) is 17.2 Å². The van der Waals surface area contributed by atoms with Crippen molar-refractivity contribution in [2.24, 2.45) is 0 Å². The number of pyridine rings is 1. The molecule has 1 aromatic heterocycles. The minimum absolute atomic E-state index is 0.144. The Morgan fingerprint density at radius 1 is 1.00 bits per heavy atom. The van der Waals surface area contributed by atoms with Crippen LogP contribution in [0.15, 0.2) is 60.9 Å². The molecule has 1 aliphatic rings. The first-order valence-corrected chi connectivity index (χ1v) is 8.59. The van der Waals surface area contributed by atoms with Crippen molar-refractivity contribution in [3.8, 4) is 28.4 Å². The fraction of sp³-hybridized carbons (Fsp3) is 0.190. The second-order valence-electron chi connectivity index (χ2n) is 6.41. The van der Waals surface area contributed by atoms with Crippen molar-refractivity contribution in [3.63, 3.8) is 0 Å². The quantitative estimate of drug-likeness (QED) is 0.758. The number of phenols is 2. The first kappa shape index (κ1) is 16.4. The number of rotatable bonds is 3. The topological polar surface area (TPSA) is 65.8 Å². The molecule has 1 aliphatic heterocycles. The zero-order valence-corrected chi connectivity index (χ0v) is 14.3. The molecule has 0 radical (unpaired) electrons. The number of benzene rings is 2. The largest absolute Gasteiger partial charge is 0.508 e. The molecule has 0 amide bonds. The van der Waals surface area contributed by atoms with Gasteiger partial charge in [-0.25, -0.2) is 0 Å². The van der Waals surface area contributed by atoms with Crippen molar-refractivity contribution in [1.29, 1.82) is 0 Å². The van der Waals surface area contributed by atoms with E-state index < -0.39 is 0 Å². The summed E-state index contributed by atoms with van der Waals surface area (Å²) in [6.07, 6.45) is 3.50. The van der Waals surface area contributed by atoms with Gasteiger partial charge < -0.3 is 14.9 Å². The molecule has 0 fully saturated rings. The summed E-state index contributed by atoms with van der Waals surface area (Å²) in [5.41, 5.74) is 3.66. The van der Waals surface area contributed by atoms with Gasteiger partial charge in [0.2, 0.25) is 0 Å². The van der Waals surface area contributed by atoms with Crippen LogP contribution in [-0.2, 0) is 13.1 Å². The highest BCUT2D eigenvalue weighted by Gasteiger charge is 2.20. The van der Waals surface area contributed by atoms with E-state index in [4.69, 9.17) is 4.74 Å². The smallest absolute Gasteiger partial charge is 0.165 e. The van der Waals surface area contributed by atoms with Crippen LogP contribution in [0.4, 0.5) is 0 Å². The lowest BCUT2D eigenvalue weighted by Gasteiger charge is -2.20. The van der Waals surface area contributed by atoms with Gasteiger partial charge in [0.15, 0.2) is 11.5 Å². The van der Waals surface area contributed by atoms with Crippen molar-refractivity contribution in [2.75, 3.05) is 13.2 Å².